The molecule has 0 spiro atoms. The van der Waals surface area contributed by atoms with E-state index in [1.54, 1.807) is 38.6 Å². The molecule has 3 N–H and O–H groups in total. The number of pyridine rings is 2. The summed E-state index contributed by atoms with van der Waals surface area (Å²) in [4.78, 5) is 29.8. The number of hydrogen-bond donors (Lipinski definition) is 3. The fraction of sp³-hybridized carbons (Fsp3) is 0.200. The number of amides is 1. The van der Waals surface area contributed by atoms with Gasteiger partial charge in [0, 0.05) is 56.0 Å². The molecule has 3 heterocycles. The summed E-state index contributed by atoms with van der Waals surface area (Å²) in [5.74, 6) is 1.14. The van der Waals surface area contributed by atoms with Crippen LogP contribution in [0.3, 0.4) is 0 Å². The fourth-order valence-corrected chi connectivity index (χ4v) is 3.80. The van der Waals surface area contributed by atoms with E-state index in [1.807, 2.05) is 24.3 Å². The van der Waals surface area contributed by atoms with Crippen LogP contribution in [0, 0.1) is 11.3 Å². The number of benzene rings is 1. The second-order valence-electron chi connectivity index (χ2n) is 7.73. The third kappa shape index (κ3) is 5.31. The summed E-state index contributed by atoms with van der Waals surface area (Å²) < 4.78 is 0. The molecule has 0 saturated carbocycles. The van der Waals surface area contributed by atoms with Crippen LogP contribution < -0.4 is 16.0 Å². The zero-order valence-corrected chi connectivity index (χ0v) is 20.6. The maximum Gasteiger partial charge on any atom is 0.251 e. The van der Waals surface area contributed by atoms with Gasteiger partial charge in [-0.2, -0.15) is 18.8 Å². The summed E-state index contributed by atoms with van der Waals surface area (Å²) in [6, 6.07) is 13.3. The van der Waals surface area contributed by atoms with Gasteiger partial charge in [-0.05, 0) is 17.7 Å². The average Bonchev–Trinajstić information content (AvgIpc) is 2.90. The van der Waals surface area contributed by atoms with E-state index in [-0.39, 0.29) is 25.3 Å². The topological polar surface area (TPSA) is 129 Å². The van der Waals surface area contributed by atoms with Crippen molar-refractivity contribution in [2.45, 2.75) is 12.8 Å². The second kappa shape index (κ2) is 11.3. The Kier molecular flexibility index (Phi) is 8.17. The first-order valence-corrected chi connectivity index (χ1v) is 10.8. The lowest BCUT2D eigenvalue weighted by molar-refractivity contribution is 0.0964. The average molecular weight is 487 g/mol. The van der Waals surface area contributed by atoms with Gasteiger partial charge in [0.05, 0.1) is 22.3 Å². The number of aromatic nitrogens is 4. The SMILES string of the molecule is CNC(=O)c1ccnc2c([C@H](C)CNc3cc(-c4cnc(NC)c(C#N)c4)ncn3)cccc12.S. The molecule has 35 heavy (non-hydrogen) atoms. The summed E-state index contributed by atoms with van der Waals surface area (Å²) in [5, 5.41) is 19.1. The number of carbonyl (C=O) groups is 1. The molecule has 4 aromatic rings. The maximum absolute atomic E-state index is 12.3. The molecule has 0 unspecified atom stereocenters. The summed E-state index contributed by atoms with van der Waals surface area (Å²) in [6.07, 6.45) is 4.82. The minimum Gasteiger partial charge on any atom is -0.372 e. The Morgan fingerprint density at radius 2 is 1.94 bits per heavy atom. The van der Waals surface area contributed by atoms with Crippen molar-refractivity contribution in [3.63, 3.8) is 0 Å². The molecular weight excluding hydrogens is 460 g/mol. The van der Waals surface area contributed by atoms with Crippen molar-refractivity contribution in [1.29, 1.82) is 5.26 Å². The van der Waals surface area contributed by atoms with E-state index in [0.717, 1.165) is 22.0 Å². The van der Waals surface area contributed by atoms with Gasteiger partial charge in [-0.15, -0.1) is 0 Å². The highest BCUT2D eigenvalue weighted by atomic mass is 32.1. The van der Waals surface area contributed by atoms with Crippen molar-refractivity contribution in [2.24, 2.45) is 0 Å². The van der Waals surface area contributed by atoms with Gasteiger partial charge in [0.15, 0.2) is 0 Å². The molecule has 0 aliphatic rings. The molecule has 1 aromatic carbocycles. The van der Waals surface area contributed by atoms with E-state index in [9.17, 15) is 10.1 Å². The Morgan fingerprint density at radius 1 is 1.11 bits per heavy atom. The van der Waals surface area contributed by atoms with Gasteiger partial charge >= 0.3 is 0 Å². The number of nitrogens with zero attached hydrogens (tertiary/aromatic N) is 5. The first-order chi connectivity index (χ1) is 16.5. The van der Waals surface area contributed by atoms with Gasteiger partial charge in [0.1, 0.15) is 24.0 Å². The Morgan fingerprint density at radius 3 is 2.69 bits per heavy atom. The lowest BCUT2D eigenvalue weighted by atomic mass is 9.96. The minimum atomic E-state index is -0.138. The molecule has 0 radical (unpaired) electrons. The molecule has 0 aliphatic heterocycles. The highest BCUT2D eigenvalue weighted by molar-refractivity contribution is 7.59. The van der Waals surface area contributed by atoms with Crippen LogP contribution in [-0.2, 0) is 0 Å². The van der Waals surface area contributed by atoms with Crippen LogP contribution in [0.4, 0.5) is 11.6 Å². The molecule has 0 bridgehead atoms. The molecule has 0 aliphatic carbocycles. The van der Waals surface area contributed by atoms with Gasteiger partial charge < -0.3 is 16.0 Å². The Balaban J connectivity index is 0.00000342. The monoisotopic (exact) mass is 486 g/mol. The van der Waals surface area contributed by atoms with Gasteiger partial charge in [0.2, 0.25) is 0 Å². The maximum atomic E-state index is 12.3. The number of rotatable bonds is 7. The zero-order chi connectivity index (χ0) is 24.1. The first-order valence-electron chi connectivity index (χ1n) is 10.8. The van der Waals surface area contributed by atoms with Crippen LogP contribution in [0.1, 0.15) is 34.3 Å². The molecule has 178 valence electrons. The van der Waals surface area contributed by atoms with Crippen LogP contribution in [0.25, 0.3) is 22.2 Å². The molecule has 1 atom stereocenters. The lowest BCUT2D eigenvalue weighted by Gasteiger charge is -2.16. The van der Waals surface area contributed by atoms with E-state index in [2.05, 4.69) is 48.9 Å². The van der Waals surface area contributed by atoms with Gasteiger partial charge in [-0.3, -0.25) is 9.78 Å². The van der Waals surface area contributed by atoms with Crippen LogP contribution in [0.15, 0.2) is 55.1 Å². The summed E-state index contributed by atoms with van der Waals surface area (Å²) in [7, 11) is 3.34. The van der Waals surface area contributed by atoms with E-state index >= 15 is 0 Å². The van der Waals surface area contributed by atoms with Crippen molar-refractivity contribution in [1.82, 2.24) is 25.3 Å². The molecule has 4 rings (SSSR count). The molecule has 1 amide bonds. The van der Waals surface area contributed by atoms with Crippen LogP contribution in [-0.4, -0.2) is 46.5 Å². The van der Waals surface area contributed by atoms with Crippen LogP contribution in [0.5, 0.6) is 0 Å². The fourth-order valence-electron chi connectivity index (χ4n) is 3.80. The lowest BCUT2D eigenvalue weighted by Crippen LogP contribution is -2.18. The Hall–Kier alpha value is -4.23. The predicted octanol–water partition coefficient (Wildman–Crippen LogP) is 3.69. The normalized spacial score (nSPS) is 11.1. The van der Waals surface area contributed by atoms with Gasteiger partial charge in [-0.25, -0.2) is 15.0 Å². The number of anilines is 2. The number of carbonyl (C=O) groups excluding carboxylic acids is 1. The Labute approximate surface area is 210 Å². The van der Waals surface area contributed by atoms with Crippen LogP contribution >= 0.6 is 13.5 Å². The Bertz CT molecular complexity index is 1400. The standard InChI is InChI=1S/C25H24N8O.H2S/c1-15(18-5-4-6-19-20(25(34)28-3)7-8-29-23(18)19)12-30-22-10-21(32-14-33-22)17-9-16(11-26)24(27-2)31-13-17;/h4-10,13-15H,12H2,1-3H3,(H,27,31)(H,28,34)(H,30,32,33);1H2/t15-;/m1./s1. The summed E-state index contributed by atoms with van der Waals surface area (Å²) in [6.45, 7) is 2.69. The van der Waals surface area contributed by atoms with Gasteiger partial charge in [-0.1, -0.05) is 25.1 Å². The predicted molar refractivity (Wildman–Crippen MR) is 142 cm³/mol. The number of fused-ring (bicyclic) bond motifs is 1. The number of nitriles is 1. The van der Waals surface area contributed by atoms with Crippen molar-refractivity contribution in [2.75, 3.05) is 31.3 Å². The largest absolute Gasteiger partial charge is 0.372 e. The molecular formula is C25H26N8OS. The van der Waals surface area contributed by atoms with Crippen molar-refractivity contribution in [3.05, 3.63) is 71.8 Å². The third-order valence-electron chi connectivity index (χ3n) is 5.60. The number of para-hydroxylation sites is 1. The molecule has 3 aromatic heterocycles. The van der Waals surface area contributed by atoms with E-state index in [0.29, 0.717) is 35.0 Å². The van der Waals surface area contributed by atoms with Crippen molar-refractivity contribution in [3.8, 4) is 17.3 Å². The highest BCUT2D eigenvalue weighted by Crippen LogP contribution is 2.27. The summed E-state index contributed by atoms with van der Waals surface area (Å²) >= 11 is 0. The van der Waals surface area contributed by atoms with E-state index in [1.165, 1.54) is 6.33 Å². The quantitative estimate of drug-likeness (QED) is 0.361. The summed E-state index contributed by atoms with van der Waals surface area (Å²) in [5.41, 5.74) is 4.29. The smallest absolute Gasteiger partial charge is 0.251 e. The number of hydrogen-bond acceptors (Lipinski definition) is 8. The first kappa shape index (κ1) is 25.4. The molecule has 0 fully saturated rings. The molecule has 10 heteroatoms. The highest BCUT2D eigenvalue weighted by Gasteiger charge is 2.15. The third-order valence-corrected chi connectivity index (χ3v) is 5.60. The zero-order valence-electron chi connectivity index (χ0n) is 19.6. The van der Waals surface area contributed by atoms with Crippen LogP contribution in [0.2, 0.25) is 0 Å². The van der Waals surface area contributed by atoms with Gasteiger partial charge in [0.25, 0.3) is 5.91 Å². The van der Waals surface area contributed by atoms with Crippen molar-refractivity contribution < 1.29 is 4.79 Å². The molecule has 9 nitrogen and oxygen atoms in total. The van der Waals surface area contributed by atoms with E-state index < -0.39 is 0 Å². The second-order valence-corrected chi connectivity index (χ2v) is 7.73. The molecule has 0 saturated heterocycles. The number of nitrogens with one attached hydrogen (secondary N) is 3. The van der Waals surface area contributed by atoms with E-state index in [4.69, 9.17) is 0 Å². The van der Waals surface area contributed by atoms with Crippen molar-refractivity contribution >= 4 is 41.9 Å². The minimum absolute atomic E-state index is 0.